The topological polar surface area (TPSA) is 78.9 Å². The maximum absolute atomic E-state index is 12.1. The second-order valence-electron chi connectivity index (χ2n) is 7.53. The highest BCUT2D eigenvalue weighted by atomic mass is 32.2. The van der Waals surface area contributed by atoms with E-state index in [1.807, 2.05) is 27.7 Å². The van der Waals surface area contributed by atoms with Gasteiger partial charge in [0.1, 0.15) is 0 Å². The molecule has 27 heavy (non-hydrogen) atoms. The predicted octanol–water partition coefficient (Wildman–Crippen LogP) is 3.29. The largest absolute Gasteiger partial charge is 0.491 e. The number of carbonyl (C=O) groups excluding carboxylic acids is 3. The zero-order valence-electron chi connectivity index (χ0n) is 16.0. The zero-order valence-corrected chi connectivity index (χ0v) is 16.8. The smallest absolute Gasteiger partial charge is 0.400 e. The molecule has 0 aromatic heterocycles. The van der Waals surface area contributed by atoms with Gasteiger partial charge in [-0.2, -0.15) is 0 Å². The second-order valence-corrected chi connectivity index (χ2v) is 8.69. The molecule has 0 saturated carbocycles. The van der Waals surface area contributed by atoms with E-state index in [1.54, 1.807) is 24.3 Å². The van der Waals surface area contributed by atoms with Gasteiger partial charge in [-0.1, -0.05) is 30.0 Å². The van der Waals surface area contributed by atoms with Crippen LogP contribution in [0, 0.1) is 0 Å². The second kappa shape index (κ2) is 6.93. The van der Waals surface area contributed by atoms with Gasteiger partial charge in [0.25, 0.3) is 0 Å². The molecule has 2 heterocycles. The Hall–Kier alpha value is -1.90. The molecule has 2 aliphatic heterocycles. The Balaban J connectivity index is 2.02. The van der Waals surface area contributed by atoms with Gasteiger partial charge in [0.2, 0.25) is 0 Å². The van der Waals surface area contributed by atoms with E-state index < -0.39 is 30.3 Å². The summed E-state index contributed by atoms with van der Waals surface area (Å²) < 4.78 is 16.9. The molecule has 0 N–H and O–H groups in total. The molecule has 1 saturated heterocycles. The van der Waals surface area contributed by atoms with Gasteiger partial charge >= 0.3 is 19.1 Å². The van der Waals surface area contributed by atoms with Crippen LogP contribution in [0.1, 0.15) is 60.9 Å². The van der Waals surface area contributed by atoms with Crippen molar-refractivity contribution < 1.29 is 28.4 Å². The molecular formula is C19H21BO6S. The van der Waals surface area contributed by atoms with Gasteiger partial charge in [-0.15, -0.1) is 0 Å². The lowest BCUT2D eigenvalue weighted by Crippen LogP contribution is -2.41. The summed E-state index contributed by atoms with van der Waals surface area (Å²) in [6, 6.07) is 4.96. The fraction of sp³-hybridized carbons (Fsp3) is 0.421. The van der Waals surface area contributed by atoms with E-state index in [1.165, 1.54) is 6.92 Å². The molecule has 0 amide bonds. The summed E-state index contributed by atoms with van der Waals surface area (Å²) >= 11 is 1.13. The van der Waals surface area contributed by atoms with Crippen LogP contribution in [0.15, 0.2) is 23.7 Å². The number of ether oxygens (including phenoxy) is 1. The van der Waals surface area contributed by atoms with Crippen molar-refractivity contribution in [3.05, 3.63) is 40.4 Å². The summed E-state index contributed by atoms with van der Waals surface area (Å²) in [6.07, 6.45) is 1.75. The Morgan fingerprint density at radius 2 is 1.74 bits per heavy atom. The van der Waals surface area contributed by atoms with E-state index >= 15 is 0 Å². The summed E-state index contributed by atoms with van der Waals surface area (Å²) in [6.45, 7) is 9.26. The standard InChI is InChI=1S/C19H21BO6S/c1-11(21)27-10-13(20-25-18(2,3)19(4,5)26-20)9-12-7-6-8-14-15(12)17(23)24-16(14)22/h6-9H,10H2,1-5H3. The molecule has 1 aromatic rings. The summed E-state index contributed by atoms with van der Waals surface area (Å²) in [5.41, 5.74) is 0.633. The van der Waals surface area contributed by atoms with Crippen LogP contribution in [-0.2, 0) is 18.8 Å². The van der Waals surface area contributed by atoms with Crippen LogP contribution in [0.4, 0.5) is 0 Å². The zero-order chi connectivity index (χ0) is 20.0. The number of cyclic esters (lactones) is 2. The highest BCUT2D eigenvalue weighted by Crippen LogP contribution is 2.39. The third-order valence-corrected chi connectivity index (χ3v) is 5.93. The molecule has 6 nitrogen and oxygen atoms in total. The van der Waals surface area contributed by atoms with Gasteiger partial charge in [-0.3, -0.25) is 4.79 Å². The first-order chi connectivity index (χ1) is 12.5. The van der Waals surface area contributed by atoms with Gasteiger partial charge in [0.15, 0.2) is 5.12 Å². The van der Waals surface area contributed by atoms with Crippen molar-refractivity contribution in [3.63, 3.8) is 0 Å². The summed E-state index contributed by atoms with van der Waals surface area (Å²) in [5, 5.41) is -0.0368. The average molecular weight is 388 g/mol. The fourth-order valence-electron chi connectivity index (χ4n) is 2.84. The van der Waals surface area contributed by atoms with Crippen LogP contribution in [0.25, 0.3) is 6.08 Å². The average Bonchev–Trinajstić information content (AvgIpc) is 2.96. The Labute approximate surface area is 162 Å². The Kier molecular flexibility index (Phi) is 5.09. The molecule has 3 rings (SSSR count). The van der Waals surface area contributed by atoms with Gasteiger partial charge in [-0.05, 0) is 44.8 Å². The first-order valence-corrected chi connectivity index (χ1v) is 9.59. The molecule has 2 aliphatic rings. The molecule has 0 bridgehead atoms. The minimum Gasteiger partial charge on any atom is -0.400 e. The van der Waals surface area contributed by atoms with E-state index in [0.29, 0.717) is 16.8 Å². The maximum Gasteiger partial charge on any atom is 0.491 e. The summed E-state index contributed by atoms with van der Waals surface area (Å²) in [7, 11) is -0.661. The van der Waals surface area contributed by atoms with Crippen LogP contribution in [0.2, 0.25) is 0 Å². The third kappa shape index (κ3) is 3.74. The van der Waals surface area contributed by atoms with Crippen molar-refractivity contribution in [2.75, 3.05) is 5.75 Å². The molecule has 0 unspecified atom stereocenters. The molecule has 0 radical (unpaired) electrons. The number of hydrogen-bond donors (Lipinski definition) is 0. The van der Waals surface area contributed by atoms with Crippen LogP contribution in [-0.4, -0.2) is 41.1 Å². The number of rotatable bonds is 4. The Bertz CT molecular complexity index is 842. The normalized spacial score (nSPS) is 20.6. The number of carbonyl (C=O) groups is 3. The molecule has 0 atom stereocenters. The number of thioether (sulfide) groups is 1. The van der Waals surface area contributed by atoms with Crippen LogP contribution < -0.4 is 0 Å². The molecule has 8 heteroatoms. The molecule has 0 spiro atoms. The van der Waals surface area contributed by atoms with Gasteiger partial charge in [0.05, 0.1) is 22.3 Å². The highest BCUT2D eigenvalue weighted by Gasteiger charge is 2.52. The van der Waals surface area contributed by atoms with E-state index in [0.717, 1.165) is 11.8 Å². The molecule has 1 aromatic carbocycles. The van der Waals surface area contributed by atoms with Crippen molar-refractivity contribution in [2.45, 2.75) is 45.8 Å². The molecule has 0 aliphatic carbocycles. The van der Waals surface area contributed by atoms with Gasteiger partial charge < -0.3 is 14.0 Å². The van der Waals surface area contributed by atoms with Crippen LogP contribution >= 0.6 is 11.8 Å². The first-order valence-electron chi connectivity index (χ1n) is 8.61. The summed E-state index contributed by atoms with van der Waals surface area (Å²) in [5.74, 6) is -0.978. The van der Waals surface area contributed by atoms with Crippen molar-refractivity contribution >= 4 is 42.0 Å². The van der Waals surface area contributed by atoms with Crippen molar-refractivity contribution in [1.29, 1.82) is 0 Å². The number of benzene rings is 1. The molecular weight excluding hydrogens is 367 g/mol. The molecule has 1 fully saturated rings. The summed E-state index contributed by atoms with van der Waals surface area (Å²) in [4.78, 5) is 35.4. The number of hydrogen-bond acceptors (Lipinski definition) is 7. The van der Waals surface area contributed by atoms with E-state index in [2.05, 4.69) is 0 Å². The Morgan fingerprint density at radius 1 is 1.11 bits per heavy atom. The van der Waals surface area contributed by atoms with Gasteiger partial charge in [0, 0.05) is 12.7 Å². The third-order valence-electron chi connectivity index (χ3n) is 5.05. The lowest BCUT2D eigenvalue weighted by molar-refractivity contribution is -0.109. The minimum atomic E-state index is -0.672. The number of esters is 2. The maximum atomic E-state index is 12.1. The van der Waals surface area contributed by atoms with Crippen LogP contribution in [0.5, 0.6) is 0 Å². The van der Waals surface area contributed by atoms with E-state index in [4.69, 9.17) is 14.0 Å². The Morgan fingerprint density at radius 3 is 2.33 bits per heavy atom. The van der Waals surface area contributed by atoms with E-state index in [-0.39, 0.29) is 16.2 Å². The quantitative estimate of drug-likeness (QED) is 0.445. The fourth-order valence-corrected chi connectivity index (χ4v) is 3.42. The molecule has 142 valence electrons. The van der Waals surface area contributed by atoms with Crippen molar-refractivity contribution in [1.82, 2.24) is 0 Å². The highest BCUT2D eigenvalue weighted by molar-refractivity contribution is 8.13. The van der Waals surface area contributed by atoms with Crippen molar-refractivity contribution in [3.8, 4) is 0 Å². The SMILES string of the molecule is CC(=O)SCC(=Cc1cccc2c1C(=O)OC2=O)B1OC(C)(C)C(C)(C)O1. The predicted molar refractivity (Wildman–Crippen MR) is 103 cm³/mol. The van der Waals surface area contributed by atoms with Crippen LogP contribution in [0.3, 0.4) is 0 Å². The van der Waals surface area contributed by atoms with E-state index in [9.17, 15) is 14.4 Å². The minimum absolute atomic E-state index is 0.0368. The van der Waals surface area contributed by atoms with Crippen molar-refractivity contribution in [2.24, 2.45) is 0 Å². The monoisotopic (exact) mass is 388 g/mol. The lowest BCUT2D eigenvalue weighted by atomic mass is 9.78. The number of fused-ring (bicyclic) bond motifs is 1. The first kappa shape index (κ1) is 19.9. The van der Waals surface area contributed by atoms with Gasteiger partial charge in [-0.25, -0.2) is 9.59 Å². The lowest BCUT2D eigenvalue weighted by Gasteiger charge is -2.32.